The van der Waals surface area contributed by atoms with Crippen molar-refractivity contribution in [1.29, 1.82) is 0 Å². The number of amides is 1. The summed E-state index contributed by atoms with van der Waals surface area (Å²) < 4.78 is 5.17. The molecule has 3 rings (SSSR count). The van der Waals surface area contributed by atoms with Crippen molar-refractivity contribution in [3.63, 3.8) is 0 Å². The second-order valence-electron chi connectivity index (χ2n) is 5.54. The Morgan fingerprint density at radius 1 is 1.27 bits per heavy atom. The number of rotatable bonds is 6. The van der Waals surface area contributed by atoms with E-state index in [1.807, 2.05) is 19.9 Å². The number of benzene rings is 1. The molecule has 3 aromatic rings. The van der Waals surface area contributed by atoms with E-state index in [-0.39, 0.29) is 5.91 Å². The molecule has 2 aromatic heterocycles. The van der Waals surface area contributed by atoms with Gasteiger partial charge in [-0.2, -0.15) is 0 Å². The highest BCUT2D eigenvalue weighted by Crippen LogP contribution is 2.27. The van der Waals surface area contributed by atoms with Crippen LogP contribution in [0.25, 0.3) is 0 Å². The van der Waals surface area contributed by atoms with Gasteiger partial charge < -0.3 is 4.52 Å². The second-order valence-corrected chi connectivity index (χ2v) is 6.94. The number of aryl methyl sites for hydroxylation is 2. The van der Waals surface area contributed by atoms with E-state index in [0.717, 1.165) is 17.0 Å². The summed E-state index contributed by atoms with van der Waals surface area (Å²) in [5, 5.41) is 5.17. The van der Waals surface area contributed by atoms with Gasteiger partial charge in [0.05, 0.1) is 16.9 Å². The number of nitrogens with zero attached hydrogens (tertiary/aromatic N) is 2. The number of thioether (sulfide) groups is 1. The highest BCUT2D eigenvalue weighted by atomic mass is 35.5. The van der Waals surface area contributed by atoms with Crippen LogP contribution in [0.5, 0.6) is 0 Å². The smallest absolute Gasteiger partial charge is 0.272 e. The van der Waals surface area contributed by atoms with Crippen LogP contribution in [-0.4, -0.2) is 16.0 Å². The largest absolute Gasteiger partial charge is 0.361 e. The van der Waals surface area contributed by atoms with E-state index >= 15 is 0 Å². The minimum absolute atomic E-state index is 0.278. The number of halogens is 1. The molecule has 0 spiro atoms. The minimum Gasteiger partial charge on any atom is -0.361 e. The van der Waals surface area contributed by atoms with Gasteiger partial charge >= 0.3 is 0 Å². The summed E-state index contributed by atoms with van der Waals surface area (Å²) in [6.45, 7) is 3.77. The molecule has 26 heavy (non-hydrogen) atoms. The number of pyridine rings is 1. The molecule has 0 fully saturated rings. The Morgan fingerprint density at radius 2 is 2.12 bits per heavy atom. The number of hydrazine groups is 1. The molecule has 0 aliphatic heterocycles. The summed E-state index contributed by atoms with van der Waals surface area (Å²) in [5.41, 5.74) is 8.56. The highest BCUT2D eigenvalue weighted by molar-refractivity contribution is 7.98. The monoisotopic (exact) mass is 388 g/mol. The van der Waals surface area contributed by atoms with E-state index in [4.69, 9.17) is 16.1 Å². The molecule has 2 heterocycles. The third-order valence-electron chi connectivity index (χ3n) is 3.70. The standard InChI is InChI=1S/C18H17ClN4O2S/c1-11-16(12(2)25-23-11)10-26-18-15(7-4-8-20-18)17(24)22-21-14-6-3-5-13(19)9-14/h3-9,21H,10H2,1-2H3,(H,22,24). The fraction of sp³-hybridized carbons (Fsp3) is 0.167. The van der Waals surface area contributed by atoms with Crippen molar-refractivity contribution < 1.29 is 9.32 Å². The third kappa shape index (κ3) is 4.36. The van der Waals surface area contributed by atoms with Crippen molar-refractivity contribution in [2.24, 2.45) is 0 Å². The zero-order valence-electron chi connectivity index (χ0n) is 14.2. The van der Waals surface area contributed by atoms with Gasteiger partial charge in [-0.05, 0) is 44.2 Å². The lowest BCUT2D eigenvalue weighted by Crippen LogP contribution is -2.29. The number of nitrogens with one attached hydrogen (secondary N) is 2. The molecule has 6 nitrogen and oxygen atoms in total. The molecule has 1 aromatic carbocycles. The van der Waals surface area contributed by atoms with Crippen LogP contribution in [0, 0.1) is 13.8 Å². The van der Waals surface area contributed by atoms with Crippen molar-refractivity contribution in [2.75, 3.05) is 5.43 Å². The second kappa shape index (κ2) is 8.25. The lowest BCUT2D eigenvalue weighted by molar-refractivity contribution is 0.0959. The Labute approximate surface area is 160 Å². The Bertz CT molecular complexity index is 910. The molecule has 0 bridgehead atoms. The lowest BCUT2D eigenvalue weighted by atomic mass is 10.2. The summed E-state index contributed by atoms with van der Waals surface area (Å²) >= 11 is 7.40. The Morgan fingerprint density at radius 3 is 2.85 bits per heavy atom. The van der Waals surface area contributed by atoms with E-state index in [9.17, 15) is 4.79 Å². The van der Waals surface area contributed by atoms with E-state index < -0.39 is 0 Å². The molecule has 2 N–H and O–H groups in total. The molecule has 0 saturated heterocycles. The first-order valence-electron chi connectivity index (χ1n) is 7.86. The maximum absolute atomic E-state index is 12.5. The number of carbonyl (C=O) groups excluding carboxylic acids is 1. The van der Waals surface area contributed by atoms with Crippen LogP contribution in [0.2, 0.25) is 5.02 Å². The molecule has 0 aliphatic carbocycles. The van der Waals surface area contributed by atoms with Crippen LogP contribution < -0.4 is 10.9 Å². The zero-order chi connectivity index (χ0) is 18.5. The van der Waals surface area contributed by atoms with E-state index in [1.165, 1.54) is 11.8 Å². The summed E-state index contributed by atoms with van der Waals surface area (Å²) in [5.74, 6) is 1.12. The van der Waals surface area contributed by atoms with Gasteiger partial charge in [0.15, 0.2) is 0 Å². The molecule has 0 atom stereocenters. The number of carbonyl (C=O) groups is 1. The predicted molar refractivity (Wildman–Crippen MR) is 102 cm³/mol. The summed E-state index contributed by atoms with van der Waals surface area (Å²) in [4.78, 5) is 16.9. The molecule has 0 radical (unpaired) electrons. The molecular weight excluding hydrogens is 372 g/mol. The molecular formula is C18H17ClN4O2S. The van der Waals surface area contributed by atoms with E-state index in [1.54, 1.807) is 36.5 Å². The fourth-order valence-corrected chi connectivity index (χ4v) is 3.62. The van der Waals surface area contributed by atoms with Gasteiger partial charge in [-0.15, -0.1) is 11.8 Å². The maximum Gasteiger partial charge on any atom is 0.272 e. The topological polar surface area (TPSA) is 80.0 Å². The van der Waals surface area contributed by atoms with Crippen molar-refractivity contribution in [2.45, 2.75) is 24.6 Å². The van der Waals surface area contributed by atoms with E-state index in [2.05, 4.69) is 21.0 Å². The van der Waals surface area contributed by atoms with Gasteiger partial charge in [-0.25, -0.2) is 4.98 Å². The van der Waals surface area contributed by atoms with Crippen LogP contribution in [0.3, 0.4) is 0 Å². The number of hydrogen-bond acceptors (Lipinski definition) is 6. The van der Waals surface area contributed by atoms with Gasteiger partial charge in [0.25, 0.3) is 5.91 Å². The molecule has 0 saturated carbocycles. The van der Waals surface area contributed by atoms with Crippen LogP contribution in [0.1, 0.15) is 27.4 Å². The maximum atomic E-state index is 12.5. The molecule has 8 heteroatoms. The number of hydrogen-bond donors (Lipinski definition) is 2. The summed E-state index contributed by atoms with van der Waals surface area (Å²) in [6.07, 6.45) is 1.66. The van der Waals surface area contributed by atoms with E-state index in [0.29, 0.717) is 27.1 Å². The third-order valence-corrected chi connectivity index (χ3v) is 4.96. The fourth-order valence-electron chi connectivity index (χ4n) is 2.29. The average Bonchev–Trinajstić information content (AvgIpc) is 2.96. The highest BCUT2D eigenvalue weighted by Gasteiger charge is 2.15. The normalized spacial score (nSPS) is 10.6. The van der Waals surface area contributed by atoms with Crippen LogP contribution in [-0.2, 0) is 5.75 Å². The van der Waals surface area contributed by atoms with Gasteiger partial charge in [0.2, 0.25) is 0 Å². The molecule has 0 aliphatic rings. The Hall–Kier alpha value is -2.51. The SMILES string of the molecule is Cc1noc(C)c1CSc1ncccc1C(=O)NNc1cccc(Cl)c1. The first-order chi connectivity index (χ1) is 12.5. The summed E-state index contributed by atoms with van der Waals surface area (Å²) in [7, 11) is 0. The first kappa shape index (κ1) is 18.3. The van der Waals surface area contributed by atoms with Gasteiger partial charge in [0, 0.05) is 22.5 Å². The minimum atomic E-state index is -0.278. The van der Waals surface area contributed by atoms with Crippen molar-refractivity contribution in [3.05, 3.63) is 70.2 Å². The van der Waals surface area contributed by atoms with Crippen molar-refractivity contribution >= 4 is 35.0 Å². The number of aromatic nitrogens is 2. The van der Waals surface area contributed by atoms with Gasteiger partial charge in [0.1, 0.15) is 10.8 Å². The van der Waals surface area contributed by atoms with Crippen molar-refractivity contribution in [3.8, 4) is 0 Å². The molecule has 0 unspecified atom stereocenters. The average molecular weight is 389 g/mol. The summed E-state index contributed by atoms with van der Waals surface area (Å²) in [6, 6.07) is 10.6. The Kier molecular flexibility index (Phi) is 5.80. The Balaban J connectivity index is 1.69. The number of anilines is 1. The molecule has 1 amide bonds. The van der Waals surface area contributed by atoms with Crippen LogP contribution in [0.4, 0.5) is 5.69 Å². The molecule has 134 valence electrons. The van der Waals surface area contributed by atoms with Gasteiger partial charge in [-0.3, -0.25) is 15.6 Å². The van der Waals surface area contributed by atoms with Crippen molar-refractivity contribution in [1.82, 2.24) is 15.6 Å². The quantitative estimate of drug-likeness (QED) is 0.481. The van der Waals surface area contributed by atoms with Crippen LogP contribution >= 0.6 is 23.4 Å². The zero-order valence-corrected chi connectivity index (χ0v) is 15.8. The van der Waals surface area contributed by atoms with Gasteiger partial charge in [-0.1, -0.05) is 22.8 Å². The first-order valence-corrected chi connectivity index (χ1v) is 9.22. The van der Waals surface area contributed by atoms with Crippen LogP contribution in [0.15, 0.2) is 52.1 Å². The predicted octanol–water partition coefficient (Wildman–Crippen LogP) is 4.39. The lowest BCUT2D eigenvalue weighted by Gasteiger charge is -2.11.